The average Bonchev–Trinajstić information content (AvgIpc) is 2.55. The van der Waals surface area contributed by atoms with Crippen molar-refractivity contribution in [1.82, 2.24) is 14.5 Å². The van der Waals surface area contributed by atoms with Crippen LogP contribution in [0.4, 0.5) is 0 Å². The van der Waals surface area contributed by atoms with Crippen LogP contribution in [-0.2, 0) is 10.0 Å². The third-order valence-electron chi connectivity index (χ3n) is 2.48. The summed E-state index contributed by atoms with van der Waals surface area (Å²) >= 11 is 0. The predicted molar refractivity (Wildman–Crippen MR) is 62.8 cm³/mol. The van der Waals surface area contributed by atoms with Gasteiger partial charge in [0.2, 0.25) is 10.0 Å². The van der Waals surface area contributed by atoms with Gasteiger partial charge < -0.3 is 0 Å². The molecule has 1 aromatic heterocycles. The molecule has 1 rings (SSSR count). The molecule has 1 aromatic rings. The topological polar surface area (TPSA) is 66.1 Å². The van der Waals surface area contributed by atoms with Crippen molar-refractivity contribution in [3.05, 3.63) is 11.4 Å². The highest BCUT2D eigenvalue weighted by atomic mass is 32.2. The molecule has 0 unspecified atom stereocenters. The first-order chi connectivity index (χ1) is 7.45. The second-order valence-electron chi connectivity index (χ2n) is 3.76. The zero-order valence-electron chi connectivity index (χ0n) is 10.2. The number of nitrogens with zero attached hydrogens (tertiary/aromatic N) is 2. The van der Waals surface area contributed by atoms with Gasteiger partial charge in [-0.15, -0.1) is 0 Å². The lowest BCUT2D eigenvalue weighted by atomic mass is 10.4. The van der Waals surface area contributed by atoms with E-state index in [2.05, 4.69) is 10.2 Å². The number of aromatic amines is 1. The van der Waals surface area contributed by atoms with Gasteiger partial charge in [-0.1, -0.05) is 13.8 Å². The fourth-order valence-corrected chi connectivity index (χ4v) is 3.62. The molecule has 0 saturated carbocycles. The monoisotopic (exact) mass is 245 g/mol. The third kappa shape index (κ3) is 2.27. The SMILES string of the molecule is CCCN(CC)S(=O)(=O)c1c(C)n[nH]c1C. The molecule has 0 radical (unpaired) electrons. The maximum Gasteiger partial charge on any atom is 0.246 e. The van der Waals surface area contributed by atoms with Crippen molar-refractivity contribution >= 4 is 10.0 Å². The zero-order chi connectivity index (χ0) is 12.3. The summed E-state index contributed by atoms with van der Waals surface area (Å²) in [6.07, 6.45) is 0.809. The second-order valence-corrected chi connectivity index (χ2v) is 5.63. The molecular weight excluding hydrogens is 226 g/mol. The van der Waals surface area contributed by atoms with Gasteiger partial charge >= 0.3 is 0 Å². The molecule has 1 heterocycles. The first-order valence-electron chi connectivity index (χ1n) is 5.46. The summed E-state index contributed by atoms with van der Waals surface area (Å²) in [7, 11) is -3.39. The minimum absolute atomic E-state index is 0.322. The van der Waals surface area contributed by atoms with Crippen LogP contribution in [0.3, 0.4) is 0 Å². The van der Waals surface area contributed by atoms with Crippen LogP contribution in [0, 0.1) is 13.8 Å². The van der Waals surface area contributed by atoms with E-state index in [4.69, 9.17) is 0 Å². The van der Waals surface area contributed by atoms with E-state index >= 15 is 0 Å². The molecule has 0 aliphatic heterocycles. The van der Waals surface area contributed by atoms with Gasteiger partial charge in [0.15, 0.2) is 0 Å². The summed E-state index contributed by atoms with van der Waals surface area (Å²) < 4.78 is 26.1. The van der Waals surface area contributed by atoms with Gasteiger partial charge in [-0.2, -0.15) is 9.40 Å². The highest BCUT2D eigenvalue weighted by Crippen LogP contribution is 2.21. The van der Waals surface area contributed by atoms with Crippen LogP contribution in [0.25, 0.3) is 0 Å². The molecule has 16 heavy (non-hydrogen) atoms. The van der Waals surface area contributed by atoms with Gasteiger partial charge in [-0.25, -0.2) is 8.42 Å². The molecule has 92 valence electrons. The highest BCUT2D eigenvalue weighted by molar-refractivity contribution is 7.89. The fourth-order valence-electron chi connectivity index (χ4n) is 1.75. The normalized spacial score (nSPS) is 12.3. The number of nitrogens with one attached hydrogen (secondary N) is 1. The van der Waals surface area contributed by atoms with Gasteiger partial charge in [0.1, 0.15) is 4.90 Å². The Morgan fingerprint density at radius 3 is 2.31 bits per heavy atom. The van der Waals surface area contributed by atoms with E-state index in [-0.39, 0.29) is 0 Å². The summed E-state index contributed by atoms with van der Waals surface area (Å²) in [6, 6.07) is 0. The first-order valence-corrected chi connectivity index (χ1v) is 6.90. The Hall–Kier alpha value is -0.880. The van der Waals surface area contributed by atoms with Crippen molar-refractivity contribution < 1.29 is 8.42 Å². The molecule has 0 fully saturated rings. The predicted octanol–water partition coefficient (Wildman–Crippen LogP) is 1.45. The van der Waals surface area contributed by atoms with Crippen molar-refractivity contribution in [3.63, 3.8) is 0 Å². The summed E-state index contributed by atoms with van der Waals surface area (Å²) in [5.41, 5.74) is 1.14. The van der Waals surface area contributed by atoms with Crippen LogP contribution in [0.1, 0.15) is 31.7 Å². The Balaban J connectivity index is 3.20. The molecule has 1 N–H and O–H groups in total. The van der Waals surface area contributed by atoms with Gasteiger partial charge in [0.25, 0.3) is 0 Å². The highest BCUT2D eigenvalue weighted by Gasteiger charge is 2.27. The van der Waals surface area contributed by atoms with E-state index in [1.165, 1.54) is 4.31 Å². The number of aromatic nitrogens is 2. The fraction of sp³-hybridized carbons (Fsp3) is 0.700. The first kappa shape index (κ1) is 13.2. The van der Waals surface area contributed by atoms with Crippen molar-refractivity contribution in [1.29, 1.82) is 0 Å². The quantitative estimate of drug-likeness (QED) is 0.853. The van der Waals surface area contributed by atoms with E-state index < -0.39 is 10.0 Å². The van der Waals surface area contributed by atoms with Gasteiger partial charge in [0, 0.05) is 13.1 Å². The maximum atomic E-state index is 12.3. The minimum Gasteiger partial charge on any atom is -0.281 e. The van der Waals surface area contributed by atoms with Crippen molar-refractivity contribution in [2.45, 2.75) is 39.0 Å². The standard InChI is InChI=1S/C10H19N3O2S/c1-5-7-13(6-2)16(14,15)10-8(3)11-12-9(10)4/h5-7H2,1-4H3,(H,11,12). The molecular formula is C10H19N3O2S. The maximum absolute atomic E-state index is 12.3. The molecule has 0 aliphatic carbocycles. The van der Waals surface area contributed by atoms with Crippen LogP contribution >= 0.6 is 0 Å². The minimum atomic E-state index is -3.39. The number of H-pyrrole nitrogens is 1. The zero-order valence-corrected chi connectivity index (χ0v) is 11.1. The van der Waals surface area contributed by atoms with Crippen LogP contribution in [0.5, 0.6) is 0 Å². The van der Waals surface area contributed by atoms with Gasteiger partial charge in [-0.05, 0) is 20.3 Å². The molecule has 0 amide bonds. The van der Waals surface area contributed by atoms with Crippen LogP contribution in [0.15, 0.2) is 4.90 Å². The molecule has 0 atom stereocenters. The van der Waals surface area contributed by atoms with E-state index in [0.29, 0.717) is 29.4 Å². The molecule has 6 heteroatoms. The van der Waals surface area contributed by atoms with Gasteiger partial charge in [-0.3, -0.25) is 5.10 Å². The summed E-state index contributed by atoms with van der Waals surface area (Å²) in [5.74, 6) is 0. The van der Waals surface area contributed by atoms with Crippen LogP contribution in [0.2, 0.25) is 0 Å². The summed E-state index contributed by atoms with van der Waals surface area (Å²) in [5, 5.41) is 6.64. The molecule has 0 saturated heterocycles. The summed E-state index contributed by atoms with van der Waals surface area (Å²) in [4.78, 5) is 0.322. The van der Waals surface area contributed by atoms with Gasteiger partial charge in [0.05, 0.1) is 11.4 Å². The number of hydrogen-bond acceptors (Lipinski definition) is 3. The summed E-state index contributed by atoms with van der Waals surface area (Å²) in [6.45, 7) is 8.27. The second kappa shape index (κ2) is 4.97. The number of aryl methyl sites for hydroxylation is 2. The van der Waals surface area contributed by atoms with E-state index in [0.717, 1.165) is 6.42 Å². The molecule has 0 spiro atoms. The Bertz CT molecular complexity index is 431. The number of sulfonamides is 1. The van der Waals surface area contributed by atoms with Crippen molar-refractivity contribution in [2.75, 3.05) is 13.1 Å². The lowest BCUT2D eigenvalue weighted by molar-refractivity contribution is 0.426. The van der Waals surface area contributed by atoms with E-state index in [1.54, 1.807) is 13.8 Å². The Morgan fingerprint density at radius 1 is 1.31 bits per heavy atom. The molecule has 0 bridgehead atoms. The largest absolute Gasteiger partial charge is 0.281 e. The number of rotatable bonds is 5. The third-order valence-corrected chi connectivity index (χ3v) is 4.72. The molecule has 0 aliphatic rings. The molecule has 5 nitrogen and oxygen atoms in total. The molecule has 0 aromatic carbocycles. The lowest BCUT2D eigenvalue weighted by Crippen LogP contribution is -2.32. The van der Waals surface area contributed by atoms with E-state index in [9.17, 15) is 8.42 Å². The smallest absolute Gasteiger partial charge is 0.246 e. The Labute approximate surface area is 96.9 Å². The Morgan fingerprint density at radius 2 is 1.94 bits per heavy atom. The number of hydrogen-bond donors (Lipinski definition) is 1. The average molecular weight is 245 g/mol. The Kier molecular flexibility index (Phi) is 4.09. The van der Waals surface area contributed by atoms with Crippen LogP contribution < -0.4 is 0 Å². The lowest BCUT2D eigenvalue weighted by Gasteiger charge is -2.19. The van der Waals surface area contributed by atoms with E-state index in [1.807, 2.05) is 13.8 Å². The van der Waals surface area contributed by atoms with Crippen molar-refractivity contribution in [2.24, 2.45) is 0 Å². The van der Waals surface area contributed by atoms with Crippen LogP contribution in [-0.4, -0.2) is 36.0 Å². The van der Waals surface area contributed by atoms with Crippen molar-refractivity contribution in [3.8, 4) is 0 Å².